The standard InChI is InChI=1S/C21H18Cl2N2O4/c1-13(20(28)14-5-9-16(22)10-6-14)24(25-18(26)3-2-4-19(25)27)21(29)15-7-11-17(23)12-8-15/h5-13H,2-4H2,1H3/t13-/m1/s1. The van der Waals surface area contributed by atoms with Crippen LogP contribution in [-0.4, -0.2) is 39.6 Å². The molecule has 29 heavy (non-hydrogen) atoms. The van der Waals surface area contributed by atoms with Crippen molar-refractivity contribution in [3.63, 3.8) is 0 Å². The van der Waals surface area contributed by atoms with Crippen LogP contribution in [0.3, 0.4) is 0 Å². The molecule has 1 atom stereocenters. The van der Waals surface area contributed by atoms with Crippen molar-refractivity contribution in [2.75, 3.05) is 0 Å². The molecule has 0 aliphatic carbocycles. The monoisotopic (exact) mass is 432 g/mol. The van der Waals surface area contributed by atoms with E-state index in [-0.39, 0.29) is 18.4 Å². The van der Waals surface area contributed by atoms with E-state index in [1.54, 1.807) is 12.1 Å². The summed E-state index contributed by atoms with van der Waals surface area (Å²) in [4.78, 5) is 51.3. The number of ketones is 1. The number of Topliss-reactive ketones (excluding diaryl/α,β-unsaturated/α-hetero) is 1. The molecule has 0 N–H and O–H groups in total. The third-order valence-corrected chi connectivity index (χ3v) is 5.15. The number of halogens is 2. The molecule has 0 radical (unpaired) electrons. The highest BCUT2D eigenvalue weighted by atomic mass is 35.5. The lowest BCUT2D eigenvalue weighted by atomic mass is 10.0. The fourth-order valence-corrected chi connectivity index (χ4v) is 3.37. The second-order valence-electron chi connectivity index (χ2n) is 6.66. The van der Waals surface area contributed by atoms with Gasteiger partial charge in [-0.05, 0) is 61.9 Å². The summed E-state index contributed by atoms with van der Waals surface area (Å²) in [6.07, 6.45) is 0.659. The highest BCUT2D eigenvalue weighted by Crippen LogP contribution is 2.23. The van der Waals surface area contributed by atoms with E-state index in [1.807, 2.05) is 0 Å². The van der Waals surface area contributed by atoms with Crippen LogP contribution in [0.5, 0.6) is 0 Å². The average Bonchev–Trinajstić information content (AvgIpc) is 2.70. The van der Waals surface area contributed by atoms with E-state index in [2.05, 4.69) is 0 Å². The van der Waals surface area contributed by atoms with Gasteiger partial charge in [0.25, 0.3) is 5.91 Å². The summed E-state index contributed by atoms with van der Waals surface area (Å²) < 4.78 is 0. The first-order valence-corrected chi connectivity index (χ1v) is 9.80. The number of rotatable bonds is 5. The van der Waals surface area contributed by atoms with Crippen LogP contribution in [0, 0.1) is 0 Å². The molecule has 1 fully saturated rings. The SMILES string of the molecule is C[C@H](C(=O)c1ccc(Cl)cc1)N(C(=O)c1ccc(Cl)cc1)N1C(=O)CCCC1=O. The van der Waals surface area contributed by atoms with Gasteiger partial charge < -0.3 is 0 Å². The van der Waals surface area contributed by atoms with Gasteiger partial charge in [-0.15, -0.1) is 0 Å². The van der Waals surface area contributed by atoms with Gasteiger partial charge in [-0.1, -0.05) is 23.2 Å². The molecule has 0 bridgehead atoms. The Morgan fingerprint density at radius 3 is 1.79 bits per heavy atom. The topological polar surface area (TPSA) is 74.8 Å². The maximum atomic E-state index is 13.2. The number of piperidine rings is 1. The van der Waals surface area contributed by atoms with E-state index in [4.69, 9.17) is 23.2 Å². The number of carbonyl (C=O) groups is 4. The highest BCUT2D eigenvalue weighted by Gasteiger charge is 2.39. The molecule has 8 heteroatoms. The second kappa shape index (κ2) is 8.76. The number of nitrogens with zero attached hydrogens (tertiary/aromatic N) is 2. The molecular formula is C21H18Cl2N2O4. The molecule has 1 aliphatic heterocycles. The normalized spacial score (nSPS) is 15.2. The van der Waals surface area contributed by atoms with Crippen LogP contribution in [0.4, 0.5) is 0 Å². The number of hydrazine groups is 1. The van der Waals surface area contributed by atoms with Crippen molar-refractivity contribution in [1.82, 2.24) is 10.0 Å². The Morgan fingerprint density at radius 1 is 0.862 bits per heavy atom. The summed E-state index contributed by atoms with van der Waals surface area (Å²) in [5.74, 6) is -2.09. The zero-order chi connectivity index (χ0) is 21.1. The Labute approximate surface area is 178 Å². The molecule has 3 amide bonds. The average molecular weight is 433 g/mol. The van der Waals surface area contributed by atoms with E-state index in [1.165, 1.54) is 43.3 Å². The van der Waals surface area contributed by atoms with Crippen molar-refractivity contribution in [2.24, 2.45) is 0 Å². The summed E-state index contributed by atoms with van der Waals surface area (Å²) >= 11 is 11.8. The maximum Gasteiger partial charge on any atom is 0.273 e. The van der Waals surface area contributed by atoms with Crippen molar-refractivity contribution in [1.29, 1.82) is 0 Å². The van der Waals surface area contributed by atoms with Crippen molar-refractivity contribution < 1.29 is 19.2 Å². The third kappa shape index (κ3) is 4.49. The van der Waals surface area contributed by atoms with Crippen LogP contribution in [0.15, 0.2) is 48.5 Å². The zero-order valence-electron chi connectivity index (χ0n) is 15.6. The molecule has 0 unspecified atom stereocenters. The second-order valence-corrected chi connectivity index (χ2v) is 7.53. The van der Waals surface area contributed by atoms with Crippen molar-refractivity contribution in [3.05, 3.63) is 69.7 Å². The molecule has 2 aromatic rings. The van der Waals surface area contributed by atoms with E-state index in [0.717, 1.165) is 10.0 Å². The molecule has 0 aromatic heterocycles. The molecule has 0 spiro atoms. The molecular weight excluding hydrogens is 415 g/mol. The lowest BCUT2D eigenvalue weighted by molar-refractivity contribution is -0.165. The Bertz CT molecular complexity index is 942. The van der Waals surface area contributed by atoms with Gasteiger partial charge in [0.15, 0.2) is 5.78 Å². The summed E-state index contributed by atoms with van der Waals surface area (Å²) in [7, 11) is 0. The lowest BCUT2D eigenvalue weighted by Crippen LogP contribution is -2.59. The van der Waals surface area contributed by atoms with E-state index >= 15 is 0 Å². The summed E-state index contributed by atoms with van der Waals surface area (Å²) in [6.45, 7) is 1.49. The summed E-state index contributed by atoms with van der Waals surface area (Å²) in [5.41, 5.74) is 0.518. The van der Waals surface area contributed by atoms with Gasteiger partial charge in [0.05, 0.1) is 0 Å². The van der Waals surface area contributed by atoms with Gasteiger partial charge in [-0.3, -0.25) is 19.2 Å². The first kappa shape index (κ1) is 21.0. The molecule has 6 nitrogen and oxygen atoms in total. The van der Waals surface area contributed by atoms with Gasteiger partial charge in [-0.25, -0.2) is 5.01 Å². The Kier molecular flexibility index (Phi) is 6.35. The minimum absolute atomic E-state index is 0.123. The van der Waals surface area contributed by atoms with Gasteiger partial charge in [-0.2, -0.15) is 5.01 Å². The van der Waals surface area contributed by atoms with Crippen LogP contribution >= 0.6 is 23.2 Å². The van der Waals surface area contributed by atoms with Crippen LogP contribution in [0.25, 0.3) is 0 Å². The van der Waals surface area contributed by atoms with Gasteiger partial charge in [0, 0.05) is 34.0 Å². The first-order valence-electron chi connectivity index (χ1n) is 9.04. The van der Waals surface area contributed by atoms with Crippen molar-refractivity contribution in [3.8, 4) is 0 Å². The van der Waals surface area contributed by atoms with Crippen LogP contribution in [-0.2, 0) is 9.59 Å². The van der Waals surface area contributed by atoms with Crippen LogP contribution in [0.1, 0.15) is 46.9 Å². The molecule has 1 saturated heterocycles. The number of imide groups is 1. The fourth-order valence-electron chi connectivity index (χ4n) is 3.11. The lowest BCUT2D eigenvalue weighted by Gasteiger charge is -2.38. The molecule has 150 valence electrons. The minimum Gasteiger partial charge on any atom is -0.292 e. The van der Waals surface area contributed by atoms with Gasteiger partial charge in [0.1, 0.15) is 6.04 Å². The predicted molar refractivity (Wildman–Crippen MR) is 109 cm³/mol. The van der Waals surface area contributed by atoms with Crippen LogP contribution < -0.4 is 0 Å². The molecule has 1 heterocycles. The fraction of sp³-hybridized carbons (Fsp3) is 0.238. The Morgan fingerprint density at radius 2 is 1.31 bits per heavy atom. The van der Waals surface area contributed by atoms with E-state index < -0.39 is 29.5 Å². The van der Waals surface area contributed by atoms with E-state index in [9.17, 15) is 19.2 Å². The Hall–Kier alpha value is -2.70. The maximum absolute atomic E-state index is 13.2. The quantitative estimate of drug-likeness (QED) is 0.524. The smallest absolute Gasteiger partial charge is 0.273 e. The van der Waals surface area contributed by atoms with Gasteiger partial charge >= 0.3 is 0 Å². The zero-order valence-corrected chi connectivity index (χ0v) is 17.1. The summed E-state index contributed by atoms with van der Waals surface area (Å²) in [5, 5.41) is 2.65. The number of hydrogen-bond donors (Lipinski definition) is 0. The predicted octanol–water partition coefficient (Wildman–Crippen LogP) is 4.16. The minimum atomic E-state index is -1.09. The van der Waals surface area contributed by atoms with E-state index in [0.29, 0.717) is 22.0 Å². The molecule has 3 rings (SSSR count). The first-order chi connectivity index (χ1) is 13.8. The number of hydrogen-bond acceptors (Lipinski definition) is 4. The largest absolute Gasteiger partial charge is 0.292 e. The number of carbonyl (C=O) groups excluding carboxylic acids is 4. The van der Waals surface area contributed by atoms with Gasteiger partial charge in [0.2, 0.25) is 11.8 Å². The van der Waals surface area contributed by atoms with Crippen molar-refractivity contribution >= 4 is 46.7 Å². The molecule has 2 aromatic carbocycles. The third-order valence-electron chi connectivity index (χ3n) is 4.64. The highest BCUT2D eigenvalue weighted by molar-refractivity contribution is 6.31. The molecule has 0 saturated carbocycles. The Balaban J connectivity index is 2.01. The number of amides is 3. The summed E-state index contributed by atoms with van der Waals surface area (Å²) in [6, 6.07) is 11.1. The molecule has 1 aliphatic rings. The van der Waals surface area contributed by atoms with Crippen molar-refractivity contribution in [2.45, 2.75) is 32.2 Å². The van der Waals surface area contributed by atoms with Crippen LogP contribution in [0.2, 0.25) is 10.0 Å². The number of benzene rings is 2.